The van der Waals surface area contributed by atoms with Crippen LogP contribution in [-0.2, 0) is 19.6 Å². The Morgan fingerprint density at radius 2 is 1.76 bits per heavy atom. The SMILES string of the molecule is CNC(=O)N(CCO)CCCN(C)C1CCc2cc(-c3cccc(-c4cccc(Nc5nc(C(F)(F)F)cc6cnn(C)c(=O)c56)c4Cl)c3Cl)nc(OC)c21. The van der Waals surface area contributed by atoms with Gasteiger partial charge in [-0.15, -0.1) is 0 Å². The van der Waals surface area contributed by atoms with E-state index in [2.05, 4.69) is 25.6 Å². The van der Waals surface area contributed by atoms with Crippen molar-refractivity contribution in [1.82, 2.24) is 34.9 Å². The first-order valence-electron chi connectivity index (χ1n) is 17.4. The first-order chi connectivity index (χ1) is 26.3. The van der Waals surface area contributed by atoms with Crippen LogP contribution in [0, 0.1) is 0 Å². The maximum absolute atomic E-state index is 13.8. The van der Waals surface area contributed by atoms with Crippen molar-refractivity contribution in [1.29, 1.82) is 0 Å². The van der Waals surface area contributed by atoms with Gasteiger partial charge < -0.3 is 25.4 Å². The molecule has 17 heteroatoms. The van der Waals surface area contributed by atoms with Crippen molar-refractivity contribution < 1.29 is 27.8 Å². The summed E-state index contributed by atoms with van der Waals surface area (Å²) >= 11 is 14.0. The molecule has 1 atom stereocenters. The van der Waals surface area contributed by atoms with Crippen LogP contribution in [0.5, 0.6) is 5.88 Å². The average Bonchev–Trinajstić information content (AvgIpc) is 3.60. The van der Waals surface area contributed by atoms with Gasteiger partial charge in [0.15, 0.2) is 0 Å². The Bertz CT molecular complexity index is 2310. The summed E-state index contributed by atoms with van der Waals surface area (Å²) in [5, 5.41) is 19.1. The number of nitrogens with one attached hydrogen (secondary N) is 2. The second-order valence-corrected chi connectivity index (χ2v) is 13.9. The Morgan fingerprint density at radius 3 is 2.45 bits per heavy atom. The Morgan fingerprint density at radius 1 is 1.05 bits per heavy atom. The molecule has 2 aromatic carbocycles. The number of fused-ring (bicyclic) bond motifs is 2. The number of hydrogen-bond donors (Lipinski definition) is 3. The molecule has 1 aliphatic carbocycles. The lowest BCUT2D eigenvalue weighted by atomic mass is 9.99. The van der Waals surface area contributed by atoms with E-state index in [1.807, 2.05) is 25.2 Å². The number of alkyl halides is 3. The summed E-state index contributed by atoms with van der Waals surface area (Å²) in [6.45, 7) is 1.33. The van der Waals surface area contributed by atoms with Crippen molar-refractivity contribution in [3.05, 3.63) is 91.9 Å². The molecule has 0 saturated carbocycles. The number of ether oxygens (including phenoxy) is 1. The molecular weight excluding hydrogens is 760 g/mol. The van der Waals surface area contributed by atoms with E-state index in [4.69, 9.17) is 32.9 Å². The molecule has 1 aliphatic rings. The van der Waals surface area contributed by atoms with Gasteiger partial charge in [0.25, 0.3) is 5.56 Å². The first-order valence-corrected chi connectivity index (χ1v) is 18.2. The predicted molar refractivity (Wildman–Crippen MR) is 206 cm³/mol. The van der Waals surface area contributed by atoms with Gasteiger partial charge in [-0.05, 0) is 50.1 Å². The van der Waals surface area contributed by atoms with Crippen molar-refractivity contribution >= 4 is 51.5 Å². The number of aryl methyl sites for hydroxylation is 2. The van der Waals surface area contributed by atoms with Gasteiger partial charge >= 0.3 is 12.2 Å². The highest BCUT2D eigenvalue weighted by Gasteiger charge is 2.34. The molecule has 290 valence electrons. The number of carbonyl (C=O) groups excluding carboxylic acids is 1. The standard InChI is InChI=1S/C38H39Cl2F3N8O4/c1-44-37(54)51(16-17-52)15-7-14-49(2)28-13-12-21-18-27(47-35(55-4)30(21)28)25-10-5-8-23(32(25)39)24-9-6-11-26(33(24)40)46-34-31-22(20-45-50(3)36(31)53)19-29(48-34)38(41,42)43/h5-6,8-11,18-20,28,52H,7,12-17H2,1-4H3,(H,44,54)(H,46,48). The van der Waals surface area contributed by atoms with Crippen LogP contribution in [0.4, 0.5) is 29.5 Å². The number of aromatic nitrogens is 4. The fourth-order valence-electron chi connectivity index (χ4n) is 6.97. The fraction of sp³-hybridized carbons (Fsp3) is 0.342. The first kappa shape index (κ1) is 39.7. The summed E-state index contributed by atoms with van der Waals surface area (Å²) in [5.41, 5.74) is 2.66. The fourth-order valence-corrected chi connectivity index (χ4v) is 7.57. The van der Waals surface area contributed by atoms with E-state index in [0.29, 0.717) is 52.8 Å². The number of carbonyl (C=O) groups is 1. The number of hydrogen-bond acceptors (Lipinski definition) is 9. The van der Waals surface area contributed by atoms with E-state index in [9.17, 15) is 27.9 Å². The predicted octanol–water partition coefficient (Wildman–Crippen LogP) is 7.08. The molecule has 3 N–H and O–H groups in total. The van der Waals surface area contributed by atoms with E-state index >= 15 is 0 Å². The van der Waals surface area contributed by atoms with Gasteiger partial charge in [-0.25, -0.2) is 19.4 Å². The molecular formula is C38H39Cl2F3N8O4. The van der Waals surface area contributed by atoms with Gasteiger partial charge in [0.2, 0.25) is 5.88 Å². The minimum atomic E-state index is -4.78. The smallest absolute Gasteiger partial charge is 0.433 e. The van der Waals surface area contributed by atoms with E-state index in [1.165, 1.54) is 13.2 Å². The molecule has 3 heterocycles. The molecule has 2 amide bonds. The number of aliphatic hydroxyl groups is 1. The third kappa shape index (κ3) is 8.06. The summed E-state index contributed by atoms with van der Waals surface area (Å²) in [6, 6.07) is 13.0. The molecule has 0 radical (unpaired) electrons. The number of amides is 2. The number of halogens is 5. The topological polar surface area (TPSA) is 138 Å². The van der Waals surface area contributed by atoms with Crippen molar-refractivity contribution in [3.8, 4) is 28.3 Å². The minimum Gasteiger partial charge on any atom is -0.481 e. The summed E-state index contributed by atoms with van der Waals surface area (Å²) in [6.07, 6.45) is -1.29. The Balaban J connectivity index is 1.30. The number of aliphatic hydroxyl groups excluding tert-OH is 1. The van der Waals surface area contributed by atoms with Crippen LogP contribution in [0.2, 0.25) is 10.0 Å². The molecule has 55 heavy (non-hydrogen) atoms. The molecule has 3 aromatic heterocycles. The lowest BCUT2D eigenvalue weighted by molar-refractivity contribution is -0.141. The van der Waals surface area contributed by atoms with Crippen LogP contribution >= 0.6 is 23.2 Å². The van der Waals surface area contributed by atoms with Crippen molar-refractivity contribution in [2.45, 2.75) is 31.5 Å². The monoisotopic (exact) mass is 798 g/mol. The van der Waals surface area contributed by atoms with E-state index < -0.39 is 17.4 Å². The summed E-state index contributed by atoms with van der Waals surface area (Å²) < 4.78 is 48.3. The van der Waals surface area contributed by atoms with Crippen molar-refractivity contribution in [2.75, 3.05) is 52.8 Å². The largest absolute Gasteiger partial charge is 0.481 e. The second-order valence-electron chi connectivity index (χ2n) is 13.1. The molecule has 5 aromatic rings. The van der Waals surface area contributed by atoms with Crippen LogP contribution in [0.15, 0.2) is 59.5 Å². The normalized spacial score (nSPS) is 14.0. The maximum Gasteiger partial charge on any atom is 0.433 e. The molecule has 0 bridgehead atoms. The van der Waals surface area contributed by atoms with Gasteiger partial charge in [-0.3, -0.25) is 9.69 Å². The highest BCUT2D eigenvalue weighted by Crippen LogP contribution is 2.45. The summed E-state index contributed by atoms with van der Waals surface area (Å²) in [4.78, 5) is 37.6. The number of pyridine rings is 2. The lowest BCUT2D eigenvalue weighted by Gasteiger charge is -2.28. The Labute approximate surface area is 324 Å². The zero-order valence-electron chi connectivity index (χ0n) is 30.5. The Hall–Kier alpha value is -4.96. The van der Waals surface area contributed by atoms with E-state index in [0.717, 1.165) is 34.7 Å². The van der Waals surface area contributed by atoms with E-state index in [1.54, 1.807) is 43.3 Å². The quantitative estimate of drug-likeness (QED) is 0.121. The third-order valence-corrected chi connectivity index (χ3v) is 10.5. The van der Waals surface area contributed by atoms with Crippen LogP contribution in [0.1, 0.15) is 35.7 Å². The number of benzene rings is 2. The molecule has 0 fully saturated rings. The maximum atomic E-state index is 13.8. The van der Waals surface area contributed by atoms with Crippen molar-refractivity contribution in [3.63, 3.8) is 0 Å². The number of methoxy groups -OCH3 is 1. The van der Waals surface area contributed by atoms with Gasteiger partial charge in [0, 0.05) is 67.4 Å². The average molecular weight is 800 g/mol. The number of rotatable bonds is 12. The zero-order valence-corrected chi connectivity index (χ0v) is 32.0. The third-order valence-electron chi connectivity index (χ3n) is 9.70. The second kappa shape index (κ2) is 16.4. The molecule has 0 spiro atoms. The van der Waals surface area contributed by atoms with Gasteiger partial charge in [-0.1, -0.05) is 53.5 Å². The van der Waals surface area contributed by atoms with Gasteiger partial charge in [0.1, 0.15) is 11.5 Å². The summed E-state index contributed by atoms with van der Waals surface area (Å²) in [5.74, 6) is 0.152. The molecule has 6 rings (SSSR count). The van der Waals surface area contributed by atoms with Gasteiger partial charge in [0.05, 0.1) is 46.7 Å². The highest BCUT2D eigenvalue weighted by molar-refractivity contribution is 6.39. The van der Waals surface area contributed by atoms with Crippen LogP contribution < -0.4 is 20.9 Å². The number of urea groups is 1. The van der Waals surface area contributed by atoms with Crippen LogP contribution in [-0.4, -0.2) is 88.1 Å². The molecule has 1 unspecified atom stereocenters. The molecule has 12 nitrogen and oxygen atoms in total. The summed E-state index contributed by atoms with van der Waals surface area (Å²) in [7, 11) is 6.55. The number of nitrogens with zero attached hydrogens (tertiary/aromatic N) is 6. The van der Waals surface area contributed by atoms with Gasteiger partial charge in [-0.2, -0.15) is 18.3 Å². The molecule has 0 aliphatic heterocycles. The van der Waals surface area contributed by atoms with Crippen LogP contribution in [0.3, 0.4) is 0 Å². The van der Waals surface area contributed by atoms with Crippen LogP contribution in [0.25, 0.3) is 33.2 Å². The zero-order chi connectivity index (χ0) is 39.6. The Kier molecular flexibility index (Phi) is 11.9. The lowest BCUT2D eigenvalue weighted by Crippen LogP contribution is -2.41. The highest BCUT2D eigenvalue weighted by atomic mass is 35.5. The van der Waals surface area contributed by atoms with E-state index in [-0.39, 0.29) is 52.5 Å². The number of anilines is 2. The minimum absolute atomic E-state index is 0.0327. The molecule has 0 saturated heterocycles. The van der Waals surface area contributed by atoms with Crippen molar-refractivity contribution in [2.24, 2.45) is 7.05 Å².